The molecule has 1 aliphatic heterocycles. The maximum atomic E-state index is 13.3. The van der Waals surface area contributed by atoms with Crippen molar-refractivity contribution >= 4 is 22.7 Å². The molecule has 3 heterocycles. The molecule has 1 fully saturated rings. The maximum absolute atomic E-state index is 13.3. The van der Waals surface area contributed by atoms with Crippen molar-refractivity contribution in [2.75, 3.05) is 31.6 Å². The zero-order valence-corrected chi connectivity index (χ0v) is 18.3. The Balaban J connectivity index is 1.24. The van der Waals surface area contributed by atoms with Gasteiger partial charge in [0.25, 0.3) is 0 Å². The van der Waals surface area contributed by atoms with E-state index >= 15 is 0 Å². The summed E-state index contributed by atoms with van der Waals surface area (Å²) in [5.41, 5.74) is 3.10. The summed E-state index contributed by atoms with van der Waals surface area (Å²) in [6.45, 7) is 5.90. The highest BCUT2D eigenvalue weighted by Gasteiger charge is 2.16. The van der Waals surface area contributed by atoms with Crippen LogP contribution in [0.1, 0.15) is 30.9 Å². The van der Waals surface area contributed by atoms with Gasteiger partial charge in [0.2, 0.25) is 0 Å². The highest BCUT2D eigenvalue weighted by molar-refractivity contribution is 5.83. The number of pyridine rings is 1. The summed E-state index contributed by atoms with van der Waals surface area (Å²) in [7, 11) is 1.77. The molecule has 0 unspecified atom stereocenters. The summed E-state index contributed by atoms with van der Waals surface area (Å²) in [5, 5.41) is 7.74. The average Bonchev–Trinajstić information content (AvgIpc) is 3.19. The van der Waals surface area contributed by atoms with E-state index in [1.807, 2.05) is 18.5 Å². The van der Waals surface area contributed by atoms with Gasteiger partial charge in [0, 0.05) is 56.5 Å². The number of H-pyrrole nitrogens is 1. The van der Waals surface area contributed by atoms with Crippen molar-refractivity contribution < 1.29 is 4.39 Å². The summed E-state index contributed by atoms with van der Waals surface area (Å²) in [6.07, 6.45) is 7.18. The van der Waals surface area contributed by atoms with Gasteiger partial charge in [0.05, 0.1) is 0 Å². The average molecular weight is 423 g/mol. The molecule has 0 atom stereocenters. The first-order chi connectivity index (χ1) is 15.1. The van der Waals surface area contributed by atoms with Crippen molar-refractivity contribution in [3.63, 3.8) is 0 Å². The number of nitrogens with zero attached hydrogens (tertiary/aromatic N) is 3. The maximum Gasteiger partial charge on any atom is 0.191 e. The third kappa shape index (κ3) is 5.34. The van der Waals surface area contributed by atoms with Crippen LogP contribution in [0.3, 0.4) is 0 Å². The highest BCUT2D eigenvalue weighted by atomic mass is 19.1. The number of fused-ring (bicyclic) bond motifs is 1. The van der Waals surface area contributed by atoms with E-state index in [2.05, 4.69) is 49.6 Å². The summed E-state index contributed by atoms with van der Waals surface area (Å²) in [6, 6.07) is 9.09. The minimum absolute atomic E-state index is 0.225. The smallest absolute Gasteiger partial charge is 0.191 e. The number of nitrogens with one attached hydrogen (secondary N) is 3. The van der Waals surface area contributed by atoms with Crippen LogP contribution >= 0.6 is 0 Å². The van der Waals surface area contributed by atoms with Gasteiger partial charge in [0.1, 0.15) is 11.6 Å². The molecule has 0 radical (unpaired) electrons. The van der Waals surface area contributed by atoms with E-state index in [0.717, 1.165) is 65.8 Å². The van der Waals surface area contributed by atoms with Crippen LogP contribution in [0.2, 0.25) is 0 Å². The fraction of sp³-hybridized carbons (Fsp3) is 0.417. The van der Waals surface area contributed by atoms with Crippen LogP contribution in [0.15, 0.2) is 47.7 Å². The van der Waals surface area contributed by atoms with Crippen LogP contribution in [-0.4, -0.2) is 42.6 Å². The number of aromatic amines is 1. The van der Waals surface area contributed by atoms with Gasteiger partial charge in [-0.15, -0.1) is 0 Å². The van der Waals surface area contributed by atoms with Crippen LogP contribution < -0.4 is 15.5 Å². The second kappa shape index (κ2) is 9.81. The number of guanidine groups is 1. The summed E-state index contributed by atoms with van der Waals surface area (Å²) in [4.78, 5) is 14.5. The SMILES string of the molecule is CN=C(NCCc1c[nH]c2cc(F)ccc12)NCc1ccc(N2CCC(C)CC2)nc1. The number of anilines is 1. The van der Waals surface area contributed by atoms with Crippen LogP contribution in [0.4, 0.5) is 10.2 Å². The number of aliphatic imine (C=N–C) groups is 1. The molecule has 7 heteroatoms. The number of benzene rings is 1. The van der Waals surface area contributed by atoms with Crippen molar-refractivity contribution in [1.82, 2.24) is 20.6 Å². The molecule has 1 saturated heterocycles. The highest BCUT2D eigenvalue weighted by Crippen LogP contribution is 2.21. The molecule has 31 heavy (non-hydrogen) atoms. The largest absolute Gasteiger partial charge is 0.361 e. The number of rotatable bonds is 6. The Kier molecular flexibility index (Phi) is 6.70. The van der Waals surface area contributed by atoms with Gasteiger partial charge in [-0.05, 0) is 60.6 Å². The standard InChI is InChI=1S/C24H31FN6/c1-17-8-11-31(12-9-17)23-6-3-18(14-29-23)15-30-24(26-2)27-10-7-19-16-28-22-13-20(25)4-5-21(19)22/h3-6,13-14,16-17,28H,7-12,15H2,1-2H3,(H2,26,27,30). The van der Waals surface area contributed by atoms with Crippen molar-refractivity contribution in [3.05, 3.63) is 59.7 Å². The van der Waals surface area contributed by atoms with E-state index in [-0.39, 0.29) is 5.82 Å². The first-order valence-electron chi connectivity index (χ1n) is 11.0. The minimum atomic E-state index is -0.225. The first-order valence-corrected chi connectivity index (χ1v) is 11.0. The number of aromatic nitrogens is 2. The fourth-order valence-electron chi connectivity index (χ4n) is 4.03. The molecule has 2 aromatic heterocycles. The predicted octanol–water partition coefficient (Wildman–Crippen LogP) is 3.85. The molecule has 0 amide bonds. The Morgan fingerprint density at radius 3 is 2.81 bits per heavy atom. The van der Waals surface area contributed by atoms with Gasteiger partial charge in [-0.3, -0.25) is 4.99 Å². The van der Waals surface area contributed by atoms with Gasteiger partial charge in [-0.25, -0.2) is 9.37 Å². The lowest BCUT2D eigenvalue weighted by Crippen LogP contribution is -2.38. The molecule has 0 aliphatic carbocycles. The molecule has 4 rings (SSSR count). The Bertz CT molecular complexity index is 1020. The first kappa shape index (κ1) is 21.2. The summed E-state index contributed by atoms with van der Waals surface area (Å²) >= 11 is 0. The molecule has 6 nitrogen and oxygen atoms in total. The second-order valence-corrected chi connectivity index (χ2v) is 8.30. The molecule has 1 aliphatic rings. The lowest BCUT2D eigenvalue weighted by Gasteiger charge is -2.31. The molecular formula is C24H31FN6. The Morgan fingerprint density at radius 2 is 2.06 bits per heavy atom. The normalized spacial score (nSPS) is 15.5. The topological polar surface area (TPSA) is 68.3 Å². The third-order valence-electron chi connectivity index (χ3n) is 6.02. The quantitative estimate of drug-likeness (QED) is 0.417. The van der Waals surface area contributed by atoms with Gasteiger partial charge in [-0.1, -0.05) is 13.0 Å². The Morgan fingerprint density at radius 1 is 1.23 bits per heavy atom. The molecule has 3 aromatic rings. The van der Waals surface area contributed by atoms with Gasteiger partial charge in [0.15, 0.2) is 5.96 Å². The summed E-state index contributed by atoms with van der Waals surface area (Å²) < 4.78 is 13.3. The van der Waals surface area contributed by atoms with E-state index in [9.17, 15) is 4.39 Å². The van der Waals surface area contributed by atoms with Gasteiger partial charge < -0.3 is 20.5 Å². The zero-order chi connectivity index (χ0) is 21.6. The predicted molar refractivity (Wildman–Crippen MR) is 125 cm³/mol. The number of hydrogen-bond acceptors (Lipinski definition) is 3. The second-order valence-electron chi connectivity index (χ2n) is 8.30. The van der Waals surface area contributed by atoms with Crippen molar-refractivity contribution in [2.24, 2.45) is 10.9 Å². The van der Waals surface area contributed by atoms with E-state index < -0.39 is 0 Å². The molecule has 0 saturated carbocycles. The molecular weight excluding hydrogens is 391 g/mol. The van der Waals surface area contributed by atoms with E-state index in [0.29, 0.717) is 6.54 Å². The van der Waals surface area contributed by atoms with Crippen molar-refractivity contribution in [3.8, 4) is 0 Å². The van der Waals surface area contributed by atoms with Gasteiger partial charge in [-0.2, -0.15) is 0 Å². The molecule has 164 valence electrons. The van der Waals surface area contributed by atoms with Crippen LogP contribution in [0.25, 0.3) is 10.9 Å². The van der Waals surface area contributed by atoms with E-state index in [4.69, 9.17) is 0 Å². The molecule has 1 aromatic carbocycles. The van der Waals surface area contributed by atoms with Crippen molar-refractivity contribution in [2.45, 2.75) is 32.7 Å². The lowest BCUT2D eigenvalue weighted by atomic mass is 9.99. The fourth-order valence-corrected chi connectivity index (χ4v) is 4.03. The van der Waals surface area contributed by atoms with Crippen LogP contribution in [-0.2, 0) is 13.0 Å². The van der Waals surface area contributed by atoms with Crippen molar-refractivity contribution in [1.29, 1.82) is 0 Å². The molecule has 0 bridgehead atoms. The summed E-state index contributed by atoms with van der Waals surface area (Å²) in [5.74, 6) is 2.41. The number of halogens is 1. The lowest BCUT2D eigenvalue weighted by molar-refractivity contribution is 0.436. The molecule has 3 N–H and O–H groups in total. The monoisotopic (exact) mass is 422 g/mol. The van der Waals surface area contributed by atoms with Crippen LogP contribution in [0.5, 0.6) is 0 Å². The van der Waals surface area contributed by atoms with E-state index in [1.165, 1.54) is 25.0 Å². The molecule has 0 spiro atoms. The number of piperidine rings is 1. The van der Waals surface area contributed by atoms with Crippen LogP contribution in [0, 0.1) is 11.7 Å². The number of hydrogen-bond donors (Lipinski definition) is 3. The minimum Gasteiger partial charge on any atom is -0.361 e. The third-order valence-corrected chi connectivity index (χ3v) is 6.02. The Labute approximate surface area is 183 Å². The van der Waals surface area contributed by atoms with Gasteiger partial charge >= 0.3 is 0 Å². The van der Waals surface area contributed by atoms with E-state index in [1.54, 1.807) is 7.05 Å². The Hall–Kier alpha value is -3.09. The zero-order valence-electron chi connectivity index (χ0n) is 18.3.